The molecule has 3 heterocycles. The smallest absolute Gasteiger partial charge is 0.113 e. The molecule has 0 saturated carbocycles. The number of rotatable bonds is 2. The van der Waals surface area contributed by atoms with E-state index in [9.17, 15) is 0 Å². The lowest BCUT2D eigenvalue weighted by Crippen LogP contribution is -2.22. The quantitative estimate of drug-likeness (QED) is 0.658. The summed E-state index contributed by atoms with van der Waals surface area (Å²) in [5, 5.41) is 1.23. The van der Waals surface area contributed by atoms with Crippen molar-refractivity contribution < 1.29 is 0 Å². The van der Waals surface area contributed by atoms with Gasteiger partial charge >= 0.3 is 0 Å². The largest absolute Gasteiger partial charge is 0.370 e. The number of anilines is 1. The Morgan fingerprint density at radius 3 is 2.83 bits per heavy atom. The summed E-state index contributed by atoms with van der Waals surface area (Å²) in [5.74, 6) is 1.67. The molecular weight excluding hydrogens is 364 g/mol. The minimum Gasteiger partial charge on any atom is -0.370 e. The molecule has 0 spiro atoms. The Kier molecular flexibility index (Phi) is 3.83. The molecule has 4 nitrogen and oxygen atoms in total. The summed E-state index contributed by atoms with van der Waals surface area (Å²) in [6.45, 7) is 6.36. The lowest BCUT2D eigenvalue weighted by atomic mass is 10.1. The van der Waals surface area contributed by atoms with Gasteiger partial charge in [-0.15, -0.1) is 0 Å². The standard InChI is InChI=1S/C19H21BrN4/c1-12-13(2)22-17-5-4-15(20)10-16(17)18(12)24-8-6-14(11-24)19-21-7-9-23(19)3/h4-5,7,9-10,14H,6,8,11H2,1-3H3. The third kappa shape index (κ3) is 2.51. The molecule has 1 unspecified atom stereocenters. The molecule has 24 heavy (non-hydrogen) atoms. The van der Waals surface area contributed by atoms with E-state index in [2.05, 4.69) is 69.5 Å². The minimum absolute atomic E-state index is 0.486. The predicted octanol–water partition coefficient (Wildman–Crippen LogP) is 4.34. The highest BCUT2D eigenvalue weighted by atomic mass is 79.9. The zero-order valence-corrected chi connectivity index (χ0v) is 15.8. The minimum atomic E-state index is 0.486. The molecule has 4 rings (SSSR count). The van der Waals surface area contributed by atoms with Crippen LogP contribution in [0.15, 0.2) is 35.1 Å². The van der Waals surface area contributed by atoms with Crippen LogP contribution < -0.4 is 4.90 Å². The Balaban J connectivity index is 1.78. The van der Waals surface area contributed by atoms with Crippen molar-refractivity contribution >= 4 is 32.5 Å². The van der Waals surface area contributed by atoms with Crippen molar-refractivity contribution in [2.24, 2.45) is 7.05 Å². The Morgan fingerprint density at radius 1 is 1.25 bits per heavy atom. The van der Waals surface area contributed by atoms with Gasteiger partial charge in [-0.1, -0.05) is 15.9 Å². The topological polar surface area (TPSA) is 34.0 Å². The third-order valence-electron chi connectivity index (χ3n) is 5.13. The number of nitrogens with zero attached hydrogens (tertiary/aromatic N) is 4. The van der Waals surface area contributed by atoms with Crippen molar-refractivity contribution in [3.05, 3.63) is 52.1 Å². The maximum atomic E-state index is 4.77. The highest BCUT2D eigenvalue weighted by Crippen LogP contribution is 2.37. The third-order valence-corrected chi connectivity index (χ3v) is 5.62. The summed E-state index contributed by atoms with van der Waals surface area (Å²) >= 11 is 3.61. The van der Waals surface area contributed by atoms with E-state index in [0.29, 0.717) is 5.92 Å². The van der Waals surface area contributed by atoms with Gasteiger partial charge in [0.15, 0.2) is 0 Å². The van der Waals surface area contributed by atoms with Crippen LogP contribution in [0.4, 0.5) is 5.69 Å². The normalized spacial score (nSPS) is 17.8. The SMILES string of the molecule is Cc1nc2ccc(Br)cc2c(N2CCC(c3nccn3C)C2)c1C. The van der Waals surface area contributed by atoms with E-state index in [1.807, 2.05) is 12.4 Å². The summed E-state index contributed by atoms with van der Waals surface area (Å²) < 4.78 is 3.24. The van der Waals surface area contributed by atoms with Gasteiger partial charge in [0.05, 0.1) is 11.2 Å². The fourth-order valence-corrected chi connectivity index (χ4v) is 4.15. The highest BCUT2D eigenvalue weighted by Gasteiger charge is 2.29. The molecule has 5 heteroatoms. The average Bonchev–Trinajstić information content (AvgIpc) is 3.18. The van der Waals surface area contributed by atoms with E-state index in [1.54, 1.807) is 0 Å². The Bertz CT molecular complexity index is 915. The van der Waals surface area contributed by atoms with Crippen molar-refractivity contribution in [2.45, 2.75) is 26.2 Å². The van der Waals surface area contributed by atoms with Crippen molar-refractivity contribution in [1.82, 2.24) is 14.5 Å². The molecule has 0 aliphatic carbocycles. The van der Waals surface area contributed by atoms with Crippen LogP contribution >= 0.6 is 15.9 Å². The zero-order valence-electron chi connectivity index (χ0n) is 14.3. The molecule has 0 amide bonds. The molecule has 1 fully saturated rings. The second-order valence-electron chi connectivity index (χ2n) is 6.66. The first-order chi connectivity index (χ1) is 11.5. The fraction of sp³-hybridized carbons (Fsp3) is 0.368. The lowest BCUT2D eigenvalue weighted by molar-refractivity contribution is 0.665. The molecule has 0 bridgehead atoms. The molecule has 1 saturated heterocycles. The molecule has 1 aliphatic rings. The monoisotopic (exact) mass is 384 g/mol. The lowest BCUT2D eigenvalue weighted by Gasteiger charge is -2.24. The van der Waals surface area contributed by atoms with Gasteiger partial charge in [0.2, 0.25) is 0 Å². The molecule has 124 valence electrons. The van der Waals surface area contributed by atoms with Crippen molar-refractivity contribution in [3.63, 3.8) is 0 Å². The second-order valence-corrected chi connectivity index (χ2v) is 7.58. The number of imidazole rings is 1. The van der Waals surface area contributed by atoms with Gasteiger partial charge in [-0.25, -0.2) is 4.98 Å². The van der Waals surface area contributed by atoms with Crippen LogP contribution in [0.2, 0.25) is 0 Å². The first-order valence-electron chi connectivity index (χ1n) is 8.33. The molecule has 1 aliphatic heterocycles. The van der Waals surface area contributed by atoms with E-state index in [-0.39, 0.29) is 0 Å². The molecule has 0 radical (unpaired) electrons. The summed E-state index contributed by atoms with van der Waals surface area (Å²) in [6.07, 6.45) is 5.07. The van der Waals surface area contributed by atoms with Crippen molar-refractivity contribution in [1.29, 1.82) is 0 Å². The van der Waals surface area contributed by atoms with Crippen LogP contribution in [0.1, 0.15) is 29.4 Å². The van der Waals surface area contributed by atoms with E-state index >= 15 is 0 Å². The first kappa shape index (κ1) is 15.6. The summed E-state index contributed by atoms with van der Waals surface area (Å²) in [4.78, 5) is 11.8. The number of aromatic nitrogens is 3. The van der Waals surface area contributed by atoms with Crippen LogP contribution in [0.25, 0.3) is 10.9 Å². The first-order valence-corrected chi connectivity index (χ1v) is 9.12. The van der Waals surface area contributed by atoms with Crippen molar-refractivity contribution in [2.75, 3.05) is 18.0 Å². The van der Waals surface area contributed by atoms with Gasteiger partial charge < -0.3 is 9.47 Å². The summed E-state index contributed by atoms with van der Waals surface area (Å²) in [7, 11) is 2.08. The average molecular weight is 385 g/mol. The fourth-order valence-electron chi connectivity index (χ4n) is 3.79. The van der Waals surface area contributed by atoms with Gasteiger partial charge in [-0.2, -0.15) is 0 Å². The number of halogens is 1. The van der Waals surface area contributed by atoms with Crippen LogP contribution in [0.5, 0.6) is 0 Å². The molecule has 3 aromatic rings. The van der Waals surface area contributed by atoms with Gasteiger partial charge in [0.25, 0.3) is 0 Å². The number of hydrogen-bond donors (Lipinski definition) is 0. The number of benzene rings is 1. The maximum absolute atomic E-state index is 4.77. The Morgan fingerprint density at radius 2 is 2.08 bits per heavy atom. The maximum Gasteiger partial charge on any atom is 0.113 e. The molecule has 0 N–H and O–H groups in total. The summed E-state index contributed by atoms with van der Waals surface area (Å²) in [5.41, 5.74) is 4.79. The van der Waals surface area contributed by atoms with E-state index < -0.39 is 0 Å². The Hall–Kier alpha value is -1.88. The van der Waals surface area contributed by atoms with Gasteiger partial charge in [0.1, 0.15) is 5.82 Å². The molecular formula is C19H21BrN4. The zero-order chi connectivity index (χ0) is 16.8. The van der Waals surface area contributed by atoms with E-state index in [1.165, 1.54) is 22.5 Å². The van der Waals surface area contributed by atoms with Crippen LogP contribution in [0, 0.1) is 13.8 Å². The van der Waals surface area contributed by atoms with Gasteiger partial charge in [-0.3, -0.25) is 4.98 Å². The molecule has 1 aromatic carbocycles. The highest BCUT2D eigenvalue weighted by molar-refractivity contribution is 9.10. The van der Waals surface area contributed by atoms with Crippen LogP contribution in [-0.2, 0) is 7.05 Å². The second kappa shape index (κ2) is 5.88. The summed E-state index contributed by atoms with van der Waals surface area (Å²) in [6, 6.07) is 6.36. The Labute approximate surface area is 150 Å². The van der Waals surface area contributed by atoms with Crippen LogP contribution in [0.3, 0.4) is 0 Å². The van der Waals surface area contributed by atoms with E-state index in [0.717, 1.165) is 35.2 Å². The predicted molar refractivity (Wildman–Crippen MR) is 102 cm³/mol. The number of pyridine rings is 1. The van der Waals surface area contributed by atoms with Gasteiger partial charge in [0, 0.05) is 54.0 Å². The molecule has 1 atom stereocenters. The number of hydrogen-bond acceptors (Lipinski definition) is 3. The van der Waals surface area contributed by atoms with Gasteiger partial charge in [-0.05, 0) is 44.0 Å². The number of aryl methyl sites for hydroxylation is 2. The molecule has 2 aromatic heterocycles. The van der Waals surface area contributed by atoms with E-state index in [4.69, 9.17) is 4.98 Å². The number of fused-ring (bicyclic) bond motifs is 1. The van der Waals surface area contributed by atoms with Crippen LogP contribution in [-0.4, -0.2) is 27.6 Å². The van der Waals surface area contributed by atoms with Crippen molar-refractivity contribution in [3.8, 4) is 0 Å².